The molecule has 0 aliphatic carbocycles. The van der Waals surface area contributed by atoms with Crippen molar-refractivity contribution in [2.24, 2.45) is 5.92 Å². The maximum Gasteiger partial charge on any atom is 0.251 e. The summed E-state index contributed by atoms with van der Waals surface area (Å²) in [5.74, 6) is -0.323. The van der Waals surface area contributed by atoms with Gasteiger partial charge in [-0.2, -0.15) is 0 Å². The summed E-state index contributed by atoms with van der Waals surface area (Å²) >= 11 is 0. The molecule has 3 aromatic rings. The average Bonchev–Trinajstić information content (AvgIpc) is 3.53. The van der Waals surface area contributed by atoms with Crippen molar-refractivity contribution < 1.29 is 23.9 Å². The van der Waals surface area contributed by atoms with E-state index in [0.29, 0.717) is 43.8 Å². The van der Waals surface area contributed by atoms with Crippen LogP contribution in [0.4, 0.5) is 0 Å². The molecule has 0 saturated carbocycles. The summed E-state index contributed by atoms with van der Waals surface area (Å²) in [5.41, 5.74) is 3.88. The number of ether oxygens (including phenoxy) is 1. The van der Waals surface area contributed by atoms with Crippen LogP contribution in [0.25, 0.3) is 0 Å². The average molecular weight is 628 g/mol. The van der Waals surface area contributed by atoms with Crippen molar-refractivity contribution in [1.82, 2.24) is 26.6 Å². The van der Waals surface area contributed by atoms with Crippen LogP contribution in [0.1, 0.15) is 65.1 Å². The van der Waals surface area contributed by atoms with Crippen LogP contribution in [0, 0.1) is 5.92 Å². The Bertz CT molecular complexity index is 1510. The lowest BCUT2D eigenvalue weighted by Crippen LogP contribution is -2.55. The van der Waals surface area contributed by atoms with Gasteiger partial charge in [-0.05, 0) is 67.1 Å². The standard InChI is InChI=1S/C36H45N5O5/c1-5-37-36(45)32(23(2)3)41-33(42)24(4)38-22-30(19-25-10-7-6-8-11-25)40-35(44)29-13-9-12-28(20-29)34(43)39-21-26-14-15-31-27(18-26)16-17-46-31/h6-15,18,20,23-24,30,32,38H,5,16-17,19,21-22H2,1-4H3,(H,37,45)(H,39,43)(H,40,44)(H,41,42)/t24-,30-,32-/m0/s1. The lowest BCUT2D eigenvalue weighted by atomic mass is 10.0. The molecule has 0 radical (unpaired) electrons. The van der Waals surface area contributed by atoms with E-state index in [0.717, 1.165) is 28.9 Å². The van der Waals surface area contributed by atoms with E-state index in [4.69, 9.17) is 4.74 Å². The second-order valence-corrected chi connectivity index (χ2v) is 11.9. The van der Waals surface area contributed by atoms with Crippen LogP contribution >= 0.6 is 0 Å². The summed E-state index contributed by atoms with van der Waals surface area (Å²) in [4.78, 5) is 51.9. The summed E-state index contributed by atoms with van der Waals surface area (Å²) in [6.45, 7) is 9.14. The molecule has 244 valence electrons. The Morgan fingerprint density at radius 2 is 1.52 bits per heavy atom. The number of benzene rings is 3. The van der Waals surface area contributed by atoms with Crippen molar-refractivity contribution >= 4 is 23.6 Å². The first-order valence-corrected chi connectivity index (χ1v) is 15.9. The number of carbonyl (C=O) groups excluding carboxylic acids is 4. The Labute approximate surface area is 271 Å². The molecular weight excluding hydrogens is 582 g/mol. The van der Waals surface area contributed by atoms with Crippen LogP contribution in [0.5, 0.6) is 5.75 Å². The molecule has 0 spiro atoms. The van der Waals surface area contributed by atoms with Crippen LogP contribution in [-0.2, 0) is 29.0 Å². The molecule has 0 saturated heterocycles. The fraction of sp³-hybridized carbons (Fsp3) is 0.389. The summed E-state index contributed by atoms with van der Waals surface area (Å²) in [7, 11) is 0. The zero-order valence-electron chi connectivity index (χ0n) is 27.0. The van der Waals surface area contributed by atoms with E-state index < -0.39 is 12.1 Å². The molecule has 1 aliphatic rings. The Hall–Kier alpha value is -4.70. The van der Waals surface area contributed by atoms with Gasteiger partial charge in [0.05, 0.1) is 12.6 Å². The van der Waals surface area contributed by atoms with Gasteiger partial charge in [-0.25, -0.2) is 0 Å². The topological polar surface area (TPSA) is 138 Å². The van der Waals surface area contributed by atoms with Gasteiger partial charge in [0.1, 0.15) is 11.8 Å². The van der Waals surface area contributed by atoms with Crippen LogP contribution in [0.15, 0.2) is 72.8 Å². The number of likely N-dealkylation sites (N-methyl/N-ethyl adjacent to an activating group) is 1. The molecule has 1 aliphatic heterocycles. The minimum Gasteiger partial charge on any atom is -0.493 e. The summed E-state index contributed by atoms with van der Waals surface area (Å²) in [5, 5.41) is 14.9. The third-order valence-electron chi connectivity index (χ3n) is 7.92. The molecule has 1 heterocycles. The maximum atomic E-state index is 13.4. The molecule has 0 aromatic heterocycles. The quantitative estimate of drug-likeness (QED) is 0.176. The number of fused-ring (bicyclic) bond motifs is 1. The third-order valence-corrected chi connectivity index (χ3v) is 7.92. The molecule has 3 atom stereocenters. The van der Waals surface area contributed by atoms with Gasteiger partial charge in [-0.3, -0.25) is 19.2 Å². The van der Waals surface area contributed by atoms with Crippen molar-refractivity contribution in [3.63, 3.8) is 0 Å². The molecule has 0 fully saturated rings. The highest BCUT2D eigenvalue weighted by molar-refractivity contribution is 5.99. The predicted octanol–water partition coefficient (Wildman–Crippen LogP) is 3.15. The van der Waals surface area contributed by atoms with Crippen LogP contribution < -0.4 is 31.3 Å². The molecule has 10 heteroatoms. The number of amides is 4. The molecule has 5 N–H and O–H groups in total. The minimum atomic E-state index is -0.649. The highest BCUT2D eigenvalue weighted by Gasteiger charge is 2.26. The van der Waals surface area contributed by atoms with Gasteiger partial charge in [-0.1, -0.05) is 62.4 Å². The summed E-state index contributed by atoms with van der Waals surface area (Å²) < 4.78 is 5.56. The fourth-order valence-electron chi connectivity index (χ4n) is 5.29. The molecular formula is C36H45N5O5. The van der Waals surface area contributed by atoms with E-state index in [1.54, 1.807) is 31.2 Å². The lowest BCUT2D eigenvalue weighted by molar-refractivity contribution is -0.130. The number of hydrogen-bond donors (Lipinski definition) is 5. The monoisotopic (exact) mass is 627 g/mol. The van der Waals surface area contributed by atoms with Crippen molar-refractivity contribution in [3.05, 3.63) is 101 Å². The summed E-state index contributed by atoms with van der Waals surface area (Å²) in [6, 6.07) is 20.7. The van der Waals surface area contributed by atoms with Gasteiger partial charge in [0.15, 0.2) is 0 Å². The Kier molecular flexibility index (Phi) is 12.3. The van der Waals surface area contributed by atoms with Gasteiger partial charge >= 0.3 is 0 Å². The molecule has 4 rings (SSSR count). The van der Waals surface area contributed by atoms with Gasteiger partial charge in [-0.15, -0.1) is 0 Å². The van der Waals surface area contributed by atoms with E-state index in [9.17, 15) is 19.2 Å². The molecule has 4 amide bonds. The first kappa shape index (κ1) is 34.2. The minimum absolute atomic E-state index is 0.0836. The van der Waals surface area contributed by atoms with Gasteiger partial charge in [0, 0.05) is 43.2 Å². The Balaban J connectivity index is 1.38. The second kappa shape index (κ2) is 16.6. The van der Waals surface area contributed by atoms with Crippen molar-refractivity contribution in [3.8, 4) is 5.75 Å². The number of nitrogens with one attached hydrogen (secondary N) is 5. The van der Waals surface area contributed by atoms with Gasteiger partial charge in [0.25, 0.3) is 11.8 Å². The van der Waals surface area contributed by atoms with Crippen LogP contribution in [0.3, 0.4) is 0 Å². The molecule has 0 bridgehead atoms. The maximum absolute atomic E-state index is 13.4. The predicted molar refractivity (Wildman–Crippen MR) is 178 cm³/mol. The van der Waals surface area contributed by atoms with Crippen LogP contribution in [0.2, 0.25) is 0 Å². The molecule has 3 aromatic carbocycles. The second-order valence-electron chi connectivity index (χ2n) is 11.9. The molecule has 46 heavy (non-hydrogen) atoms. The third kappa shape index (κ3) is 9.65. The number of hydrogen-bond acceptors (Lipinski definition) is 6. The highest BCUT2D eigenvalue weighted by Crippen LogP contribution is 2.25. The first-order valence-electron chi connectivity index (χ1n) is 15.9. The van der Waals surface area contributed by atoms with E-state index in [2.05, 4.69) is 26.6 Å². The van der Waals surface area contributed by atoms with Crippen LogP contribution in [-0.4, -0.2) is 61.5 Å². The highest BCUT2D eigenvalue weighted by atomic mass is 16.5. The number of carbonyl (C=O) groups is 4. The van der Waals surface area contributed by atoms with Gasteiger partial charge < -0.3 is 31.3 Å². The molecule has 0 unspecified atom stereocenters. The van der Waals surface area contributed by atoms with E-state index in [1.165, 1.54) is 0 Å². The van der Waals surface area contributed by atoms with Crippen molar-refractivity contribution in [1.29, 1.82) is 0 Å². The fourth-order valence-corrected chi connectivity index (χ4v) is 5.29. The largest absolute Gasteiger partial charge is 0.493 e. The zero-order chi connectivity index (χ0) is 33.1. The Morgan fingerprint density at radius 3 is 2.24 bits per heavy atom. The SMILES string of the molecule is CCNC(=O)[C@@H](NC(=O)[C@H](C)NC[C@H](Cc1ccccc1)NC(=O)c1cccc(C(=O)NCc2ccc3c(c2)CCO3)c1)C(C)C. The normalized spacial score (nSPS) is 13.9. The lowest BCUT2D eigenvalue weighted by Gasteiger charge is -2.25. The van der Waals surface area contributed by atoms with E-state index >= 15 is 0 Å². The van der Waals surface area contributed by atoms with E-state index in [1.807, 2.05) is 69.3 Å². The summed E-state index contributed by atoms with van der Waals surface area (Å²) in [6.07, 6.45) is 1.38. The number of rotatable bonds is 15. The molecule has 10 nitrogen and oxygen atoms in total. The van der Waals surface area contributed by atoms with Crippen molar-refractivity contribution in [2.75, 3.05) is 19.7 Å². The Morgan fingerprint density at radius 1 is 0.783 bits per heavy atom. The smallest absolute Gasteiger partial charge is 0.251 e. The van der Waals surface area contributed by atoms with Crippen molar-refractivity contribution in [2.45, 2.75) is 65.2 Å². The van der Waals surface area contributed by atoms with E-state index in [-0.39, 0.29) is 35.6 Å². The first-order chi connectivity index (χ1) is 22.1. The zero-order valence-corrected chi connectivity index (χ0v) is 27.0. The van der Waals surface area contributed by atoms with Gasteiger partial charge in [0.2, 0.25) is 11.8 Å².